The normalized spacial score (nSPS) is 10.8. The third-order valence-electron chi connectivity index (χ3n) is 1.85. The zero-order chi connectivity index (χ0) is 13.1. The van der Waals surface area contributed by atoms with Crippen molar-refractivity contribution in [2.45, 2.75) is 4.90 Å². The van der Waals surface area contributed by atoms with Crippen molar-refractivity contribution in [1.29, 1.82) is 0 Å². The van der Waals surface area contributed by atoms with Crippen molar-refractivity contribution in [3.05, 3.63) is 28.8 Å². The fraction of sp³-hybridized carbons (Fsp3) is 0.100. The quantitative estimate of drug-likeness (QED) is 0.800. The van der Waals surface area contributed by atoms with E-state index in [4.69, 9.17) is 23.1 Å². The van der Waals surface area contributed by atoms with Crippen LogP contribution < -0.4 is 4.72 Å². The Morgan fingerprint density at radius 1 is 1.53 bits per heavy atom. The van der Waals surface area contributed by atoms with E-state index in [1.54, 1.807) is 0 Å². The summed E-state index contributed by atoms with van der Waals surface area (Å²) in [6.07, 6.45) is 4.93. The Hall–Kier alpha value is -1.55. The number of halogens is 1. The third-order valence-corrected chi connectivity index (χ3v) is 3.56. The SMILES string of the molecule is C#CCNS(=O)(=O)c1ccc(C(=O)O)c(Cl)c1. The molecule has 5 nitrogen and oxygen atoms in total. The minimum atomic E-state index is -3.76. The summed E-state index contributed by atoms with van der Waals surface area (Å²) in [7, 11) is -3.76. The predicted octanol–water partition coefficient (Wildman–Crippen LogP) is 0.950. The van der Waals surface area contributed by atoms with Gasteiger partial charge in [0.1, 0.15) is 0 Å². The molecule has 90 valence electrons. The first-order chi connectivity index (χ1) is 7.88. The first kappa shape index (κ1) is 13.5. The number of terminal acetylenes is 1. The fourth-order valence-corrected chi connectivity index (χ4v) is 2.34. The van der Waals surface area contributed by atoms with Crippen molar-refractivity contribution in [3.8, 4) is 12.3 Å². The summed E-state index contributed by atoms with van der Waals surface area (Å²) in [6, 6.07) is 3.33. The smallest absolute Gasteiger partial charge is 0.337 e. The van der Waals surface area contributed by atoms with Crippen molar-refractivity contribution in [1.82, 2.24) is 4.72 Å². The van der Waals surface area contributed by atoms with Crippen LogP contribution in [0.25, 0.3) is 0 Å². The lowest BCUT2D eigenvalue weighted by Crippen LogP contribution is -2.24. The summed E-state index contributed by atoms with van der Waals surface area (Å²) < 4.78 is 25.4. The molecule has 0 aromatic heterocycles. The van der Waals surface area contributed by atoms with Gasteiger partial charge < -0.3 is 5.11 Å². The highest BCUT2D eigenvalue weighted by Gasteiger charge is 2.16. The lowest BCUT2D eigenvalue weighted by molar-refractivity contribution is 0.0697. The van der Waals surface area contributed by atoms with Crippen LogP contribution in [0.4, 0.5) is 0 Å². The molecule has 0 aliphatic heterocycles. The zero-order valence-corrected chi connectivity index (χ0v) is 10.0. The highest BCUT2D eigenvalue weighted by molar-refractivity contribution is 7.89. The second kappa shape index (κ2) is 5.19. The number of sulfonamides is 1. The molecule has 0 aliphatic carbocycles. The van der Waals surface area contributed by atoms with Gasteiger partial charge in [0.05, 0.1) is 22.0 Å². The molecule has 0 bridgehead atoms. The Morgan fingerprint density at radius 3 is 2.65 bits per heavy atom. The molecule has 0 amide bonds. The average Bonchev–Trinajstić information content (AvgIpc) is 2.25. The highest BCUT2D eigenvalue weighted by Crippen LogP contribution is 2.20. The summed E-state index contributed by atoms with van der Waals surface area (Å²) in [5.74, 6) is 0.894. The molecular formula is C10H8ClNO4S. The van der Waals surface area contributed by atoms with Crippen LogP contribution in [0.15, 0.2) is 23.1 Å². The highest BCUT2D eigenvalue weighted by atomic mass is 35.5. The van der Waals surface area contributed by atoms with E-state index < -0.39 is 16.0 Å². The van der Waals surface area contributed by atoms with Crippen molar-refractivity contribution in [2.75, 3.05) is 6.54 Å². The monoisotopic (exact) mass is 273 g/mol. The van der Waals surface area contributed by atoms with Gasteiger partial charge >= 0.3 is 5.97 Å². The van der Waals surface area contributed by atoms with E-state index in [2.05, 4.69) is 10.6 Å². The number of rotatable bonds is 4. The molecule has 2 N–H and O–H groups in total. The number of nitrogens with one attached hydrogen (secondary N) is 1. The number of carboxylic acid groups (broad SMARTS) is 1. The van der Waals surface area contributed by atoms with Crippen LogP contribution in [0.3, 0.4) is 0 Å². The predicted molar refractivity (Wildman–Crippen MR) is 62.4 cm³/mol. The Kier molecular flexibility index (Phi) is 4.12. The van der Waals surface area contributed by atoms with Crippen molar-refractivity contribution in [2.24, 2.45) is 0 Å². The molecule has 1 aromatic rings. The van der Waals surface area contributed by atoms with Crippen molar-refractivity contribution >= 4 is 27.6 Å². The molecule has 0 radical (unpaired) electrons. The fourth-order valence-electron chi connectivity index (χ4n) is 1.06. The first-order valence-electron chi connectivity index (χ1n) is 4.34. The van der Waals surface area contributed by atoms with Crippen molar-refractivity contribution in [3.63, 3.8) is 0 Å². The second-order valence-electron chi connectivity index (χ2n) is 2.98. The number of hydrogen-bond donors (Lipinski definition) is 2. The first-order valence-corrected chi connectivity index (χ1v) is 6.20. The molecule has 0 unspecified atom stereocenters. The zero-order valence-electron chi connectivity index (χ0n) is 8.47. The molecule has 1 rings (SSSR count). The number of benzene rings is 1. The molecule has 0 aliphatic rings. The molecule has 1 aromatic carbocycles. The Morgan fingerprint density at radius 2 is 2.18 bits per heavy atom. The summed E-state index contributed by atoms with van der Waals surface area (Å²) in [5.41, 5.74) is -0.164. The van der Waals surface area contributed by atoms with Gasteiger partial charge in [-0.2, -0.15) is 4.72 Å². The molecule has 0 saturated heterocycles. The number of carboxylic acids is 1. The third kappa shape index (κ3) is 3.20. The summed E-state index contributed by atoms with van der Waals surface area (Å²) >= 11 is 5.65. The van der Waals surface area contributed by atoms with Gasteiger partial charge in [-0.05, 0) is 18.2 Å². The van der Waals surface area contributed by atoms with Crippen molar-refractivity contribution < 1.29 is 18.3 Å². The molecule has 0 atom stereocenters. The van der Waals surface area contributed by atoms with Gasteiger partial charge in [-0.3, -0.25) is 0 Å². The maximum atomic E-state index is 11.6. The van der Waals surface area contributed by atoms with Gasteiger partial charge in [0, 0.05) is 0 Å². The lowest BCUT2D eigenvalue weighted by Gasteiger charge is -2.05. The molecule has 0 fully saturated rings. The number of hydrogen-bond acceptors (Lipinski definition) is 3. The molecule has 7 heteroatoms. The topological polar surface area (TPSA) is 83.5 Å². The standard InChI is InChI=1S/C10H8ClNO4S/c1-2-5-12-17(15,16)7-3-4-8(10(13)14)9(11)6-7/h1,3-4,6,12H,5H2,(H,13,14). The van der Waals surface area contributed by atoms with E-state index >= 15 is 0 Å². The van der Waals surface area contributed by atoms with E-state index in [0.717, 1.165) is 18.2 Å². The number of carbonyl (C=O) groups is 1. The second-order valence-corrected chi connectivity index (χ2v) is 5.15. The van der Waals surface area contributed by atoms with E-state index in [1.807, 2.05) is 0 Å². The van der Waals surface area contributed by atoms with Crippen LogP contribution in [0, 0.1) is 12.3 Å². The molecule has 0 saturated carbocycles. The maximum absolute atomic E-state index is 11.6. The van der Waals surface area contributed by atoms with E-state index in [1.165, 1.54) is 0 Å². The van der Waals surface area contributed by atoms with E-state index in [9.17, 15) is 13.2 Å². The Labute approximate surface area is 103 Å². The van der Waals surface area contributed by atoms with Gasteiger partial charge in [0.25, 0.3) is 0 Å². The summed E-state index contributed by atoms with van der Waals surface area (Å²) in [5, 5.41) is 8.57. The van der Waals surface area contributed by atoms with Crippen LogP contribution in [0.1, 0.15) is 10.4 Å². The van der Waals surface area contributed by atoms with Crippen LogP contribution >= 0.6 is 11.6 Å². The van der Waals surface area contributed by atoms with Crippen LogP contribution in [0.2, 0.25) is 5.02 Å². The Bertz CT molecular complexity index is 589. The molecule has 17 heavy (non-hydrogen) atoms. The van der Waals surface area contributed by atoms with Crippen LogP contribution in [-0.2, 0) is 10.0 Å². The largest absolute Gasteiger partial charge is 0.478 e. The Balaban J connectivity index is 3.15. The maximum Gasteiger partial charge on any atom is 0.337 e. The molecular weight excluding hydrogens is 266 g/mol. The van der Waals surface area contributed by atoms with Gasteiger partial charge in [0.2, 0.25) is 10.0 Å². The minimum Gasteiger partial charge on any atom is -0.478 e. The van der Waals surface area contributed by atoms with Gasteiger partial charge in [-0.25, -0.2) is 13.2 Å². The van der Waals surface area contributed by atoms with Crippen LogP contribution in [-0.4, -0.2) is 26.0 Å². The van der Waals surface area contributed by atoms with Crippen LogP contribution in [0.5, 0.6) is 0 Å². The minimum absolute atomic E-state index is 0.136. The summed E-state index contributed by atoms with van der Waals surface area (Å²) in [4.78, 5) is 10.5. The van der Waals surface area contributed by atoms with E-state index in [0.29, 0.717) is 0 Å². The van der Waals surface area contributed by atoms with Gasteiger partial charge in [-0.15, -0.1) is 6.42 Å². The average molecular weight is 274 g/mol. The molecule has 0 heterocycles. The lowest BCUT2D eigenvalue weighted by atomic mass is 10.2. The number of aromatic carboxylic acids is 1. The summed E-state index contributed by atoms with van der Waals surface area (Å²) in [6.45, 7) is -0.152. The van der Waals surface area contributed by atoms with Gasteiger partial charge in [-0.1, -0.05) is 17.5 Å². The molecule has 0 spiro atoms. The van der Waals surface area contributed by atoms with E-state index in [-0.39, 0.29) is 22.0 Å². The van der Waals surface area contributed by atoms with Gasteiger partial charge in [0.15, 0.2) is 0 Å².